The molecule has 5 nitrogen and oxygen atoms in total. The average Bonchev–Trinajstić information content (AvgIpc) is 2.79. The zero-order valence-corrected chi connectivity index (χ0v) is 11.8. The van der Waals surface area contributed by atoms with Crippen molar-refractivity contribution >= 4 is 16.1 Å². The molecule has 2 fully saturated rings. The Balaban J connectivity index is 2.15. The number of hydrogen-bond donors (Lipinski definition) is 0. The molecule has 1 aliphatic carbocycles. The number of carbonyl (C=O) groups excluding carboxylic acids is 1. The van der Waals surface area contributed by atoms with Crippen molar-refractivity contribution in [3.8, 4) is 0 Å². The number of carbonyl (C=O) groups is 1. The zero-order chi connectivity index (χ0) is 13.6. The summed E-state index contributed by atoms with van der Waals surface area (Å²) in [4.78, 5) is 12.0. The van der Waals surface area contributed by atoms with Gasteiger partial charge in [0.1, 0.15) is 0 Å². The second-order valence-electron chi connectivity index (χ2n) is 5.73. The molecule has 0 bridgehead atoms. The summed E-state index contributed by atoms with van der Waals surface area (Å²) >= 11 is 0. The summed E-state index contributed by atoms with van der Waals surface area (Å²) in [7, 11) is -3.75. The lowest BCUT2D eigenvalue weighted by molar-refractivity contribution is -0.157. The van der Waals surface area contributed by atoms with Gasteiger partial charge >= 0.3 is 16.1 Å². The number of ether oxygens (including phenoxy) is 1. The molecule has 0 aromatic heterocycles. The highest BCUT2D eigenvalue weighted by Crippen LogP contribution is 2.42. The van der Waals surface area contributed by atoms with Crippen LogP contribution in [0.5, 0.6) is 0 Å². The summed E-state index contributed by atoms with van der Waals surface area (Å²) in [5.41, 5.74) is -1.77. The van der Waals surface area contributed by atoms with Gasteiger partial charge in [0.25, 0.3) is 0 Å². The molecule has 1 saturated carbocycles. The molecule has 1 saturated heterocycles. The molecular weight excluding hydrogens is 256 g/mol. The second-order valence-corrected chi connectivity index (χ2v) is 7.38. The molecule has 0 radical (unpaired) electrons. The normalized spacial score (nSPS) is 34.3. The third-order valence-corrected chi connectivity index (χ3v) is 5.59. The largest absolute Gasteiger partial charge is 0.442 e. The summed E-state index contributed by atoms with van der Waals surface area (Å²) in [6.07, 6.45) is 2.71. The van der Waals surface area contributed by atoms with E-state index in [1.54, 1.807) is 13.8 Å². The highest BCUT2D eigenvalue weighted by atomic mass is 32.2. The van der Waals surface area contributed by atoms with Crippen LogP contribution < -0.4 is 0 Å². The van der Waals surface area contributed by atoms with Crippen molar-refractivity contribution in [1.82, 2.24) is 0 Å². The van der Waals surface area contributed by atoms with Crippen molar-refractivity contribution in [3.05, 3.63) is 0 Å². The van der Waals surface area contributed by atoms with Crippen LogP contribution in [0.2, 0.25) is 0 Å². The van der Waals surface area contributed by atoms with Gasteiger partial charge in [-0.05, 0) is 33.1 Å². The van der Waals surface area contributed by atoms with E-state index in [1.165, 1.54) is 0 Å². The monoisotopic (exact) mass is 276 g/mol. The van der Waals surface area contributed by atoms with Crippen LogP contribution in [0.1, 0.15) is 46.5 Å². The summed E-state index contributed by atoms with van der Waals surface area (Å²) in [5, 5.41) is 0. The van der Waals surface area contributed by atoms with E-state index in [1.807, 2.05) is 6.92 Å². The molecular formula is C12H20O5S. The Morgan fingerprint density at radius 1 is 1.39 bits per heavy atom. The Morgan fingerprint density at radius 2 is 2.06 bits per heavy atom. The number of rotatable bonds is 3. The van der Waals surface area contributed by atoms with Crippen molar-refractivity contribution in [2.24, 2.45) is 11.3 Å². The fourth-order valence-electron chi connectivity index (χ4n) is 2.38. The maximum Gasteiger partial charge on any atom is 0.312 e. The summed E-state index contributed by atoms with van der Waals surface area (Å²) in [6, 6.07) is 0. The van der Waals surface area contributed by atoms with Crippen molar-refractivity contribution < 1.29 is 22.1 Å². The topological polar surface area (TPSA) is 69.7 Å². The van der Waals surface area contributed by atoms with Gasteiger partial charge in [0.2, 0.25) is 5.44 Å². The molecule has 2 rings (SSSR count). The van der Waals surface area contributed by atoms with Gasteiger partial charge in [-0.3, -0.25) is 8.98 Å². The van der Waals surface area contributed by atoms with Crippen LogP contribution in [0.15, 0.2) is 0 Å². The Bertz CT molecular complexity index is 439. The van der Waals surface area contributed by atoms with Crippen LogP contribution in [-0.4, -0.2) is 25.9 Å². The molecule has 0 aromatic rings. The molecule has 3 unspecified atom stereocenters. The van der Waals surface area contributed by atoms with Crippen LogP contribution in [0, 0.1) is 11.3 Å². The maximum absolute atomic E-state index is 12.0. The van der Waals surface area contributed by atoms with E-state index in [0.29, 0.717) is 6.42 Å². The smallest absolute Gasteiger partial charge is 0.312 e. The van der Waals surface area contributed by atoms with Crippen molar-refractivity contribution in [2.45, 2.75) is 58.0 Å². The van der Waals surface area contributed by atoms with Gasteiger partial charge in [0.15, 0.2) is 0 Å². The fraction of sp³-hybridized carbons (Fsp3) is 0.917. The standard InChI is InChI=1S/C12H20O5S/c1-4-12(2,3)11(13)16-10-8-6-5-7-9(8)17-18(10,14)15/h8-10H,4-7H2,1-3H3. The minimum absolute atomic E-state index is 0.188. The number of fused-ring (bicyclic) bond motifs is 1. The van der Waals surface area contributed by atoms with Gasteiger partial charge < -0.3 is 4.74 Å². The van der Waals surface area contributed by atoms with E-state index in [4.69, 9.17) is 8.92 Å². The van der Waals surface area contributed by atoms with E-state index in [2.05, 4.69) is 0 Å². The predicted octanol–water partition coefficient (Wildman–Crippen LogP) is 1.82. The molecule has 0 aromatic carbocycles. The molecule has 3 atom stereocenters. The lowest BCUT2D eigenvalue weighted by Gasteiger charge is -2.24. The minimum atomic E-state index is -3.75. The molecule has 104 valence electrons. The third-order valence-electron chi connectivity index (χ3n) is 4.06. The summed E-state index contributed by atoms with van der Waals surface area (Å²) < 4.78 is 33.9. The van der Waals surface area contributed by atoms with Crippen molar-refractivity contribution in [3.63, 3.8) is 0 Å². The molecule has 1 heterocycles. The summed E-state index contributed by atoms with van der Waals surface area (Å²) in [5.74, 6) is -0.652. The first-order valence-electron chi connectivity index (χ1n) is 6.41. The SMILES string of the molecule is CCC(C)(C)C(=O)OC1C2CCCC2OS1(=O)=O. The van der Waals surface area contributed by atoms with E-state index in [0.717, 1.165) is 19.3 Å². The molecule has 0 N–H and O–H groups in total. The van der Waals surface area contributed by atoms with Gasteiger partial charge in [0.05, 0.1) is 11.5 Å². The molecule has 1 aliphatic heterocycles. The first-order valence-corrected chi connectivity index (χ1v) is 7.88. The highest BCUT2D eigenvalue weighted by Gasteiger charge is 2.53. The molecule has 18 heavy (non-hydrogen) atoms. The van der Waals surface area contributed by atoms with Crippen molar-refractivity contribution in [2.75, 3.05) is 0 Å². The molecule has 2 aliphatic rings. The van der Waals surface area contributed by atoms with Gasteiger partial charge in [0, 0.05) is 5.92 Å². The van der Waals surface area contributed by atoms with E-state index in [9.17, 15) is 13.2 Å². The highest BCUT2D eigenvalue weighted by molar-refractivity contribution is 7.87. The first kappa shape index (κ1) is 13.8. The predicted molar refractivity (Wildman–Crippen MR) is 65.1 cm³/mol. The lowest BCUT2D eigenvalue weighted by atomic mass is 9.90. The number of hydrogen-bond acceptors (Lipinski definition) is 5. The second kappa shape index (κ2) is 4.49. The Hall–Kier alpha value is -0.620. The first-order chi connectivity index (χ1) is 8.28. The quantitative estimate of drug-likeness (QED) is 0.581. The average molecular weight is 276 g/mol. The number of esters is 1. The minimum Gasteiger partial charge on any atom is -0.442 e. The Labute approximate surface area is 108 Å². The van der Waals surface area contributed by atoms with Gasteiger partial charge in [-0.15, -0.1) is 0 Å². The molecule has 0 amide bonds. The Kier molecular flexibility index (Phi) is 3.44. The van der Waals surface area contributed by atoms with E-state index >= 15 is 0 Å². The zero-order valence-electron chi connectivity index (χ0n) is 11.0. The maximum atomic E-state index is 12.0. The van der Waals surface area contributed by atoms with Crippen LogP contribution >= 0.6 is 0 Å². The van der Waals surface area contributed by atoms with Gasteiger partial charge in [-0.25, -0.2) is 0 Å². The van der Waals surface area contributed by atoms with Crippen LogP contribution in [0.3, 0.4) is 0 Å². The van der Waals surface area contributed by atoms with E-state index < -0.39 is 26.9 Å². The summed E-state index contributed by atoms with van der Waals surface area (Å²) in [6.45, 7) is 5.38. The fourth-order valence-corrected chi connectivity index (χ4v) is 4.02. The van der Waals surface area contributed by atoms with Crippen LogP contribution in [0.25, 0.3) is 0 Å². The van der Waals surface area contributed by atoms with E-state index in [-0.39, 0.29) is 12.0 Å². The van der Waals surface area contributed by atoms with Crippen LogP contribution in [0.4, 0.5) is 0 Å². The van der Waals surface area contributed by atoms with Gasteiger partial charge in [-0.1, -0.05) is 13.3 Å². The lowest BCUT2D eigenvalue weighted by Crippen LogP contribution is -2.35. The molecule has 6 heteroatoms. The Morgan fingerprint density at radius 3 is 2.67 bits per heavy atom. The van der Waals surface area contributed by atoms with Gasteiger partial charge in [-0.2, -0.15) is 8.42 Å². The third kappa shape index (κ3) is 2.28. The van der Waals surface area contributed by atoms with Crippen molar-refractivity contribution in [1.29, 1.82) is 0 Å². The molecule has 0 spiro atoms. The van der Waals surface area contributed by atoms with Crippen LogP contribution in [-0.2, 0) is 23.8 Å².